The molecule has 1 aliphatic carbocycles. The highest BCUT2D eigenvalue weighted by molar-refractivity contribution is 5.86. The Morgan fingerprint density at radius 3 is 2.67 bits per heavy atom. The fourth-order valence-electron chi connectivity index (χ4n) is 2.60. The normalized spacial score (nSPS) is 16.2. The van der Waals surface area contributed by atoms with Gasteiger partial charge in [-0.25, -0.2) is 9.59 Å². The van der Waals surface area contributed by atoms with E-state index >= 15 is 0 Å². The van der Waals surface area contributed by atoms with Crippen LogP contribution < -0.4 is 15.4 Å². The summed E-state index contributed by atoms with van der Waals surface area (Å²) in [6.45, 7) is 0.318. The number of hydrogen-bond donors (Lipinski definition) is 3. The van der Waals surface area contributed by atoms with Gasteiger partial charge in [-0.2, -0.15) is 0 Å². The summed E-state index contributed by atoms with van der Waals surface area (Å²) < 4.78 is 5.11. The van der Waals surface area contributed by atoms with E-state index in [1.807, 2.05) is 24.3 Å². The standard InChI is InChI=1S/C15H20N2O4/c1-21-12-6-4-5-11(9-12)10-16-14(20)17-15(13(18)19)7-2-3-8-15/h4-6,9H,2-3,7-8,10H2,1H3,(H,18,19)(H2,16,17,20). The Hall–Kier alpha value is -2.24. The van der Waals surface area contributed by atoms with Gasteiger partial charge in [0.15, 0.2) is 0 Å². The van der Waals surface area contributed by atoms with Crippen molar-refractivity contribution in [2.75, 3.05) is 7.11 Å². The van der Waals surface area contributed by atoms with Crippen LogP contribution in [-0.2, 0) is 11.3 Å². The minimum Gasteiger partial charge on any atom is -0.497 e. The predicted octanol–water partition coefficient (Wildman–Crippen LogP) is 1.89. The fourth-order valence-corrected chi connectivity index (χ4v) is 2.60. The molecule has 0 bridgehead atoms. The van der Waals surface area contributed by atoms with Crippen molar-refractivity contribution in [1.82, 2.24) is 10.6 Å². The highest BCUT2D eigenvalue weighted by atomic mass is 16.5. The molecule has 1 aromatic carbocycles. The molecule has 0 radical (unpaired) electrons. The molecule has 0 saturated heterocycles. The molecule has 3 N–H and O–H groups in total. The molecule has 0 aliphatic heterocycles. The van der Waals surface area contributed by atoms with E-state index in [1.165, 1.54) is 0 Å². The number of carboxylic acid groups (broad SMARTS) is 1. The molecule has 0 heterocycles. The average Bonchev–Trinajstić information content (AvgIpc) is 2.95. The van der Waals surface area contributed by atoms with Crippen molar-refractivity contribution in [2.24, 2.45) is 0 Å². The monoisotopic (exact) mass is 292 g/mol. The Labute approximate surface area is 123 Å². The van der Waals surface area contributed by atoms with Crippen LogP contribution in [0.3, 0.4) is 0 Å². The van der Waals surface area contributed by atoms with Gasteiger partial charge in [0.25, 0.3) is 0 Å². The summed E-state index contributed by atoms with van der Waals surface area (Å²) in [6.07, 6.45) is 2.61. The molecule has 1 aromatic rings. The smallest absolute Gasteiger partial charge is 0.329 e. The van der Waals surface area contributed by atoms with Gasteiger partial charge in [0.2, 0.25) is 0 Å². The van der Waals surface area contributed by atoms with Crippen molar-refractivity contribution in [3.05, 3.63) is 29.8 Å². The zero-order chi connectivity index (χ0) is 15.3. The van der Waals surface area contributed by atoms with E-state index in [1.54, 1.807) is 7.11 Å². The largest absolute Gasteiger partial charge is 0.497 e. The molecule has 1 saturated carbocycles. The quantitative estimate of drug-likeness (QED) is 0.773. The maximum Gasteiger partial charge on any atom is 0.329 e. The number of carbonyl (C=O) groups excluding carboxylic acids is 1. The molecular formula is C15H20N2O4. The lowest BCUT2D eigenvalue weighted by Crippen LogP contribution is -2.55. The van der Waals surface area contributed by atoms with Gasteiger partial charge in [-0.15, -0.1) is 0 Å². The molecular weight excluding hydrogens is 272 g/mol. The van der Waals surface area contributed by atoms with Gasteiger partial charge in [-0.05, 0) is 30.5 Å². The summed E-state index contributed by atoms with van der Waals surface area (Å²) in [4.78, 5) is 23.3. The topological polar surface area (TPSA) is 87.7 Å². The van der Waals surface area contributed by atoms with Gasteiger partial charge in [-0.1, -0.05) is 25.0 Å². The number of urea groups is 1. The van der Waals surface area contributed by atoms with Crippen molar-refractivity contribution in [3.63, 3.8) is 0 Å². The minimum absolute atomic E-state index is 0.318. The Morgan fingerprint density at radius 2 is 2.05 bits per heavy atom. The first-order valence-corrected chi connectivity index (χ1v) is 6.98. The molecule has 1 aliphatic rings. The molecule has 1 fully saturated rings. The van der Waals surface area contributed by atoms with Gasteiger partial charge >= 0.3 is 12.0 Å². The third-order valence-corrected chi connectivity index (χ3v) is 3.81. The minimum atomic E-state index is -1.11. The Kier molecular flexibility index (Phi) is 4.67. The summed E-state index contributed by atoms with van der Waals surface area (Å²) >= 11 is 0. The van der Waals surface area contributed by atoms with Crippen LogP contribution in [0.15, 0.2) is 24.3 Å². The first-order valence-electron chi connectivity index (χ1n) is 6.98. The van der Waals surface area contributed by atoms with Crippen LogP contribution in [0.5, 0.6) is 5.75 Å². The third kappa shape index (κ3) is 3.65. The van der Waals surface area contributed by atoms with E-state index in [9.17, 15) is 14.7 Å². The van der Waals surface area contributed by atoms with Crippen LogP contribution in [0.2, 0.25) is 0 Å². The number of nitrogens with one attached hydrogen (secondary N) is 2. The fraction of sp³-hybridized carbons (Fsp3) is 0.467. The van der Waals surface area contributed by atoms with Crippen LogP contribution in [-0.4, -0.2) is 29.8 Å². The average molecular weight is 292 g/mol. The SMILES string of the molecule is COc1cccc(CNC(=O)NC2(C(=O)O)CCCC2)c1. The number of benzene rings is 1. The van der Waals surface area contributed by atoms with E-state index in [-0.39, 0.29) is 0 Å². The van der Waals surface area contributed by atoms with Gasteiger partial charge in [0.1, 0.15) is 11.3 Å². The highest BCUT2D eigenvalue weighted by Gasteiger charge is 2.42. The molecule has 2 rings (SSSR count). The number of hydrogen-bond acceptors (Lipinski definition) is 3. The molecule has 0 spiro atoms. The van der Waals surface area contributed by atoms with Crippen LogP contribution >= 0.6 is 0 Å². The summed E-state index contributed by atoms with van der Waals surface area (Å²) in [5.41, 5.74) is -0.223. The number of aliphatic carboxylic acids is 1. The van der Waals surface area contributed by atoms with Crippen LogP contribution in [0, 0.1) is 0 Å². The summed E-state index contributed by atoms with van der Waals surface area (Å²) in [5, 5.41) is 14.6. The van der Waals surface area contributed by atoms with E-state index in [0.717, 1.165) is 18.4 Å². The first kappa shape index (κ1) is 15.2. The summed E-state index contributed by atoms with van der Waals surface area (Å²) in [5.74, 6) is -0.246. The number of carboxylic acids is 1. The number of ether oxygens (including phenoxy) is 1. The molecule has 2 amide bonds. The summed E-state index contributed by atoms with van der Waals surface area (Å²) in [7, 11) is 1.58. The number of methoxy groups -OCH3 is 1. The lowest BCUT2D eigenvalue weighted by molar-refractivity contribution is -0.144. The van der Waals surface area contributed by atoms with Crippen molar-refractivity contribution in [2.45, 2.75) is 37.8 Å². The summed E-state index contributed by atoms with van der Waals surface area (Å²) in [6, 6.07) is 6.89. The maximum atomic E-state index is 11.9. The second kappa shape index (κ2) is 6.47. The second-order valence-electron chi connectivity index (χ2n) is 5.25. The van der Waals surface area contributed by atoms with Crippen molar-refractivity contribution in [3.8, 4) is 5.75 Å². The lowest BCUT2D eigenvalue weighted by Gasteiger charge is -2.25. The Bertz CT molecular complexity index is 524. The molecule has 21 heavy (non-hydrogen) atoms. The molecule has 0 aromatic heterocycles. The van der Waals surface area contributed by atoms with Gasteiger partial charge < -0.3 is 20.5 Å². The van der Waals surface area contributed by atoms with Gasteiger partial charge in [-0.3, -0.25) is 0 Å². The number of rotatable bonds is 5. The van der Waals surface area contributed by atoms with Crippen LogP contribution in [0.1, 0.15) is 31.2 Å². The molecule has 6 nitrogen and oxygen atoms in total. The Balaban J connectivity index is 1.91. The molecule has 0 unspecified atom stereocenters. The second-order valence-corrected chi connectivity index (χ2v) is 5.25. The van der Waals surface area contributed by atoms with Crippen LogP contribution in [0.25, 0.3) is 0 Å². The highest BCUT2D eigenvalue weighted by Crippen LogP contribution is 2.29. The Morgan fingerprint density at radius 1 is 1.33 bits per heavy atom. The van der Waals surface area contributed by atoms with E-state index in [2.05, 4.69) is 10.6 Å². The zero-order valence-corrected chi connectivity index (χ0v) is 12.0. The van der Waals surface area contributed by atoms with E-state index in [0.29, 0.717) is 25.1 Å². The van der Waals surface area contributed by atoms with Crippen molar-refractivity contribution in [1.29, 1.82) is 0 Å². The van der Waals surface area contributed by atoms with E-state index < -0.39 is 17.5 Å². The number of carbonyl (C=O) groups is 2. The van der Waals surface area contributed by atoms with Gasteiger partial charge in [0, 0.05) is 6.54 Å². The lowest BCUT2D eigenvalue weighted by atomic mass is 9.98. The van der Waals surface area contributed by atoms with Crippen molar-refractivity contribution >= 4 is 12.0 Å². The molecule has 0 atom stereocenters. The maximum absolute atomic E-state index is 11.9. The van der Waals surface area contributed by atoms with Crippen LogP contribution in [0.4, 0.5) is 4.79 Å². The van der Waals surface area contributed by atoms with Gasteiger partial charge in [0.05, 0.1) is 7.11 Å². The third-order valence-electron chi connectivity index (χ3n) is 3.81. The molecule has 114 valence electrons. The van der Waals surface area contributed by atoms with E-state index in [4.69, 9.17) is 4.74 Å². The number of amides is 2. The first-order chi connectivity index (χ1) is 10.1. The predicted molar refractivity (Wildman–Crippen MR) is 77.2 cm³/mol. The zero-order valence-electron chi connectivity index (χ0n) is 12.0. The van der Waals surface area contributed by atoms with Crippen molar-refractivity contribution < 1.29 is 19.4 Å². The molecule has 6 heteroatoms.